The number of amides is 1. The van der Waals surface area contributed by atoms with E-state index in [1.807, 2.05) is 0 Å². The smallest absolute Gasteiger partial charge is 0.420 e. The van der Waals surface area contributed by atoms with Crippen LogP contribution >= 0.6 is 0 Å². The number of anilines is 1. The Hall–Kier alpha value is -4.60. The number of pyridine rings is 1. The third kappa shape index (κ3) is 5.90. The molecular formula is C26H20F3N3O4. The number of fused-ring (bicyclic) bond motifs is 1. The average Bonchev–Trinajstić information content (AvgIpc) is 3.24. The van der Waals surface area contributed by atoms with E-state index in [0.29, 0.717) is 22.5 Å². The second-order valence-electron chi connectivity index (χ2n) is 8.02. The zero-order chi connectivity index (χ0) is 25.9. The van der Waals surface area contributed by atoms with Gasteiger partial charge in [0.05, 0.1) is 17.7 Å². The van der Waals surface area contributed by atoms with Crippen LogP contribution in [0.2, 0.25) is 0 Å². The molecule has 10 heteroatoms. The number of nitrogens with zero attached hydrogens (tertiary/aromatic N) is 1. The van der Waals surface area contributed by atoms with Crippen molar-refractivity contribution < 1.29 is 32.3 Å². The van der Waals surface area contributed by atoms with Crippen molar-refractivity contribution in [3.8, 4) is 0 Å². The Morgan fingerprint density at radius 3 is 2.44 bits per heavy atom. The molecule has 0 aliphatic heterocycles. The summed E-state index contributed by atoms with van der Waals surface area (Å²) in [6.45, 7) is -0.110. The number of nitrogens with one attached hydrogen (secondary N) is 1. The first-order valence-corrected chi connectivity index (χ1v) is 10.7. The molecule has 4 aromatic rings. The van der Waals surface area contributed by atoms with E-state index in [4.69, 9.17) is 15.3 Å². The molecule has 0 saturated carbocycles. The number of aromatic nitrogens is 1. The van der Waals surface area contributed by atoms with E-state index in [1.165, 1.54) is 36.5 Å². The molecule has 2 heterocycles. The van der Waals surface area contributed by atoms with Crippen molar-refractivity contribution in [1.29, 1.82) is 0 Å². The predicted octanol–water partition coefficient (Wildman–Crippen LogP) is 5.05. The Morgan fingerprint density at radius 2 is 1.81 bits per heavy atom. The fraction of sp³-hybridized carbons (Fsp3) is 0.115. The van der Waals surface area contributed by atoms with Gasteiger partial charge in [-0.3, -0.25) is 4.79 Å². The van der Waals surface area contributed by atoms with Crippen molar-refractivity contribution in [1.82, 2.24) is 10.3 Å². The Kier molecular flexibility index (Phi) is 6.77. The Morgan fingerprint density at radius 1 is 1.06 bits per heavy atom. The first kappa shape index (κ1) is 24.5. The summed E-state index contributed by atoms with van der Waals surface area (Å²) in [5.41, 5.74) is 6.06. The van der Waals surface area contributed by atoms with Crippen LogP contribution in [0.15, 0.2) is 71.3 Å². The molecule has 0 aliphatic rings. The molecule has 4 rings (SSSR count). The molecule has 0 unspecified atom stereocenters. The minimum absolute atomic E-state index is 0.0895. The zero-order valence-corrected chi connectivity index (χ0v) is 18.7. The number of halogens is 3. The third-order valence-electron chi connectivity index (χ3n) is 5.31. The number of aromatic carboxylic acids is 1. The van der Waals surface area contributed by atoms with Crippen molar-refractivity contribution in [3.63, 3.8) is 0 Å². The second kappa shape index (κ2) is 9.95. The number of carboxylic acids is 1. The van der Waals surface area contributed by atoms with Gasteiger partial charge in [0.1, 0.15) is 17.2 Å². The SMILES string of the molecule is Nc1ccc(/C=C/C(=O)NCc2cc3cc(Cc4ccc(C(=O)O)cc4)cc(C(F)(F)F)c3o2)cn1. The van der Waals surface area contributed by atoms with Gasteiger partial charge in [0, 0.05) is 17.7 Å². The topological polar surface area (TPSA) is 118 Å². The molecular weight excluding hydrogens is 475 g/mol. The van der Waals surface area contributed by atoms with Gasteiger partial charge in [-0.25, -0.2) is 9.78 Å². The van der Waals surface area contributed by atoms with Gasteiger partial charge in [-0.05, 0) is 71.7 Å². The van der Waals surface area contributed by atoms with Crippen LogP contribution < -0.4 is 11.1 Å². The predicted molar refractivity (Wildman–Crippen MR) is 127 cm³/mol. The summed E-state index contributed by atoms with van der Waals surface area (Å²) in [5, 5.41) is 11.8. The van der Waals surface area contributed by atoms with E-state index in [0.717, 1.165) is 6.07 Å². The van der Waals surface area contributed by atoms with E-state index in [9.17, 15) is 22.8 Å². The molecule has 0 fully saturated rings. The van der Waals surface area contributed by atoms with Gasteiger partial charge in [0.2, 0.25) is 5.91 Å². The highest BCUT2D eigenvalue weighted by Crippen LogP contribution is 2.37. The molecule has 2 aromatic carbocycles. The van der Waals surface area contributed by atoms with Crippen LogP contribution in [0.4, 0.5) is 19.0 Å². The Bertz CT molecular complexity index is 1440. The van der Waals surface area contributed by atoms with E-state index in [-0.39, 0.29) is 35.3 Å². The lowest BCUT2D eigenvalue weighted by Gasteiger charge is -2.10. The summed E-state index contributed by atoms with van der Waals surface area (Å²) in [4.78, 5) is 27.0. The standard InChI is InChI=1S/C26H20F3N3O4/c27-26(28,29)21-11-17(9-15-1-5-18(6-2-15)25(34)35)10-19-12-20(36-24(19)21)14-32-23(33)8-4-16-3-7-22(30)31-13-16/h1-8,10-13H,9,14H2,(H2,30,31)(H,32,33)(H,34,35)/b8-4+. The van der Waals surface area contributed by atoms with Gasteiger partial charge in [0.25, 0.3) is 0 Å². The minimum Gasteiger partial charge on any atom is -0.478 e. The molecule has 36 heavy (non-hydrogen) atoms. The van der Waals surface area contributed by atoms with E-state index in [1.54, 1.807) is 30.3 Å². The monoisotopic (exact) mass is 495 g/mol. The molecule has 1 amide bonds. The largest absolute Gasteiger partial charge is 0.478 e. The highest BCUT2D eigenvalue weighted by molar-refractivity contribution is 5.91. The Balaban J connectivity index is 1.52. The zero-order valence-electron chi connectivity index (χ0n) is 18.7. The lowest BCUT2D eigenvalue weighted by molar-refractivity contribution is -0.137. The van der Waals surface area contributed by atoms with Crippen molar-refractivity contribution in [2.24, 2.45) is 0 Å². The van der Waals surface area contributed by atoms with Gasteiger partial charge in [-0.1, -0.05) is 12.1 Å². The summed E-state index contributed by atoms with van der Waals surface area (Å²) in [6.07, 6.45) is -0.200. The van der Waals surface area contributed by atoms with Gasteiger partial charge >= 0.3 is 12.1 Å². The highest BCUT2D eigenvalue weighted by Gasteiger charge is 2.35. The maximum absolute atomic E-state index is 13.8. The van der Waals surface area contributed by atoms with Crippen LogP contribution in [0.25, 0.3) is 17.0 Å². The van der Waals surface area contributed by atoms with Crippen LogP contribution in [0.5, 0.6) is 0 Å². The third-order valence-corrected chi connectivity index (χ3v) is 5.31. The molecule has 184 valence electrons. The number of furan rings is 1. The number of benzene rings is 2. The van der Waals surface area contributed by atoms with Crippen LogP contribution in [-0.2, 0) is 23.9 Å². The lowest BCUT2D eigenvalue weighted by atomic mass is 9.99. The minimum atomic E-state index is -4.66. The van der Waals surface area contributed by atoms with Gasteiger partial charge in [-0.15, -0.1) is 0 Å². The summed E-state index contributed by atoms with van der Waals surface area (Å²) < 4.78 is 46.8. The summed E-state index contributed by atoms with van der Waals surface area (Å²) >= 11 is 0. The number of nitrogens with two attached hydrogens (primary N) is 1. The van der Waals surface area contributed by atoms with Crippen molar-refractivity contribution in [3.05, 3.63) is 100 Å². The van der Waals surface area contributed by atoms with Gasteiger partial charge in [0.15, 0.2) is 0 Å². The molecule has 0 bridgehead atoms. The molecule has 0 saturated heterocycles. The van der Waals surface area contributed by atoms with Crippen LogP contribution in [-0.4, -0.2) is 22.0 Å². The summed E-state index contributed by atoms with van der Waals surface area (Å²) in [6, 6.07) is 13.2. The fourth-order valence-corrected chi connectivity index (χ4v) is 3.59. The number of hydrogen-bond donors (Lipinski definition) is 3. The van der Waals surface area contributed by atoms with E-state index < -0.39 is 23.6 Å². The van der Waals surface area contributed by atoms with Crippen molar-refractivity contribution in [2.45, 2.75) is 19.1 Å². The van der Waals surface area contributed by atoms with Crippen LogP contribution in [0, 0.1) is 0 Å². The molecule has 7 nitrogen and oxygen atoms in total. The maximum Gasteiger partial charge on any atom is 0.420 e. The number of rotatable bonds is 7. The second-order valence-corrected chi connectivity index (χ2v) is 8.02. The van der Waals surface area contributed by atoms with Gasteiger partial charge in [-0.2, -0.15) is 13.2 Å². The highest BCUT2D eigenvalue weighted by atomic mass is 19.4. The van der Waals surface area contributed by atoms with Crippen LogP contribution in [0.1, 0.15) is 38.4 Å². The quantitative estimate of drug-likeness (QED) is 0.309. The number of nitrogen functional groups attached to an aromatic ring is 1. The number of carboxylic acid groups (broad SMARTS) is 1. The van der Waals surface area contributed by atoms with Crippen LogP contribution in [0.3, 0.4) is 0 Å². The number of carbonyl (C=O) groups is 2. The number of alkyl halides is 3. The fourth-order valence-electron chi connectivity index (χ4n) is 3.59. The molecule has 0 spiro atoms. The molecule has 2 aromatic heterocycles. The number of hydrogen-bond acceptors (Lipinski definition) is 5. The van der Waals surface area contributed by atoms with E-state index in [2.05, 4.69) is 10.3 Å². The van der Waals surface area contributed by atoms with Crippen molar-refractivity contribution >= 4 is 34.7 Å². The molecule has 0 radical (unpaired) electrons. The average molecular weight is 495 g/mol. The first-order chi connectivity index (χ1) is 17.1. The first-order valence-electron chi connectivity index (χ1n) is 10.7. The molecule has 0 atom stereocenters. The normalized spacial score (nSPS) is 11.8. The summed E-state index contributed by atoms with van der Waals surface area (Å²) in [5.74, 6) is -1.04. The van der Waals surface area contributed by atoms with Crippen molar-refractivity contribution in [2.75, 3.05) is 5.73 Å². The lowest BCUT2D eigenvalue weighted by Crippen LogP contribution is -2.19. The summed E-state index contributed by atoms with van der Waals surface area (Å²) in [7, 11) is 0. The van der Waals surface area contributed by atoms with E-state index >= 15 is 0 Å². The molecule has 0 aliphatic carbocycles. The van der Waals surface area contributed by atoms with Gasteiger partial charge < -0.3 is 20.6 Å². The molecule has 4 N–H and O–H groups in total. The Labute approximate surface area is 203 Å². The number of carbonyl (C=O) groups excluding carboxylic acids is 1. The maximum atomic E-state index is 13.8.